The van der Waals surface area contributed by atoms with E-state index in [9.17, 15) is 14.4 Å². The first-order valence-corrected chi connectivity index (χ1v) is 17.9. The van der Waals surface area contributed by atoms with Gasteiger partial charge in [0.2, 0.25) is 5.91 Å². The van der Waals surface area contributed by atoms with Gasteiger partial charge in [-0.3, -0.25) is 9.59 Å². The number of fused-ring (bicyclic) bond motifs is 5. The van der Waals surface area contributed by atoms with Gasteiger partial charge in [0.1, 0.15) is 5.54 Å². The van der Waals surface area contributed by atoms with Crippen LogP contribution in [0.4, 0.5) is 5.69 Å². The number of aryl methyl sites for hydroxylation is 1. The lowest BCUT2D eigenvalue weighted by Gasteiger charge is -2.29. The van der Waals surface area contributed by atoms with E-state index in [1.165, 1.54) is 66.1 Å². The van der Waals surface area contributed by atoms with Crippen LogP contribution in [0.1, 0.15) is 117 Å². The Morgan fingerprint density at radius 2 is 1.67 bits per heavy atom. The molecule has 8 nitrogen and oxygen atoms in total. The largest absolute Gasteiger partial charge is 0.478 e. The molecule has 4 aliphatic rings. The molecule has 2 amide bonds. The third kappa shape index (κ3) is 6.45. The quantitative estimate of drug-likeness (QED) is 0.195. The first-order valence-electron chi connectivity index (χ1n) is 17.9. The summed E-state index contributed by atoms with van der Waals surface area (Å²) in [5.74, 6) is -0.948. The van der Waals surface area contributed by atoms with Gasteiger partial charge in [-0.15, -0.1) is 0 Å². The number of carbonyl (C=O) groups excluding carboxylic acids is 2. The van der Waals surface area contributed by atoms with Crippen LogP contribution < -0.4 is 16.0 Å². The molecule has 2 saturated carbocycles. The summed E-state index contributed by atoms with van der Waals surface area (Å²) in [4.78, 5) is 38.7. The molecular weight excluding hydrogens is 600 g/mol. The van der Waals surface area contributed by atoms with Crippen molar-refractivity contribution in [3.05, 3.63) is 88.8 Å². The summed E-state index contributed by atoms with van der Waals surface area (Å²) in [5.41, 5.74) is 7.39. The maximum Gasteiger partial charge on any atom is 0.328 e. The zero-order valence-electron chi connectivity index (χ0n) is 27.7. The van der Waals surface area contributed by atoms with Crippen LogP contribution in [-0.4, -0.2) is 39.5 Å². The van der Waals surface area contributed by atoms with Gasteiger partial charge in [0, 0.05) is 52.6 Å². The highest BCUT2D eigenvalue weighted by atomic mass is 16.4. The van der Waals surface area contributed by atoms with Gasteiger partial charge < -0.3 is 25.6 Å². The molecule has 1 aromatic heterocycles. The number of carboxylic acids is 1. The number of rotatable bonds is 7. The fraction of sp³-hybridized carbons (Fsp3) is 0.425. The number of hydrogen-bond donors (Lipinski definition) is 4. The molecule has 2 heterocycles. The second-order valence-corrected chi connectivity index (χ2v) is 13.9. The number of carboxylic acid groups (broad SMARTS) is 1. The topological polar surface area (TPSA) is 112 Å². The molecule has 250 valence electrons. The van der Waals surface area contributed by atoms with Gasteiger partial charge >= 0.3 is 5.97 Å². The standard InChI is InChI=1S/C40H46N4O4/c45-35(46)21-16-27-14-18-30(19-15-27)42-39(48)40(22-6-7-23-40)43-38(47)29-17-20-32-34(26-29)44-25-9-8-24-41-33-13-5-4-12-31(33)37(44)36(32)28-10-2-1-3-11-28/h12-21,26,28,41H,1-11,22-25H2,(H,42,48)(H,43,47)(H,45,46)/b21-16+. The molecule has 1 aliphatic heterocycles. The minimum absolute atomic E-state index is 0.219. The minimum Gasteiger partial charge on any atom is -0.478 e. The third-order valence-corrected chi connectivity index (χ3v) is 10.7. The molecule has 0 bridgehead atoms. The summed E-state index contributed by atoms with van der Waals surface area (Å²) in [7, 11) is 0. The van der Waals surface area contributed by atoms with Gasteiger partial charge in [-0.1, -0.05) is 62.5 Å². The van der Waals surface area contributed by atoms with E-state index in [1.807, 2.05) is 6.07 Å². The Balaban J connectivity index is 1.21. The van der Waals surface area contributed by atoms with Crippen LogP contribution in [0.5, 0.6) is 0 Å². The van der Waals surface area contributed by atoms with Crippen molar-refractivity contribution in [1.82, 2.24) is 15.2 Å². The van der Waals surface area contributed by atoms with Crippen molar-refractivity contribution in [3.8, 4) is 0 Å². The van der Waals surface area contributed by atoms with Crippen LogP contribution >= 0.6 is 0 Å². The average molecular weight is 647 g/mol. The maximum atomic E-state index is 14.1. The van der Waals surface area contributed by atoms with Gasteiger partial charge in [0.15, 0.2) is 0 Å². The molecule has 48 heavy (non-hydrogen) atoms. The Hall–Kier alpha value is -4.59. The Labute approximate surface area is 282 Å². The molecule has 3 aliphatic carbocycles. The smallest absolute Gasteiger partial charge is 0.328 e. The molecule has 2 aromatic carbocycles. The van der Waals surface area contributed by atoms with E-state index in [2.05, 4.69) is 44.8 Å². The molecular formula is C40H46N4O4. The molecule has 2 fully saturated rings. The zero-order valence-corrected chi connectivity index (χ0v) is 27.7. The zero-order chi connectivity index (χ0) is 33.1. The number of hydrogen-bond acceptors (Lipinski definition) is 4. The number of benzene rings is 2. The van der Waals surface area contributed by atoms with Crippen molar-refractivity contribution in [2.75, 3.05) is 11.9 Å². The Bertz CT molecular complexity index is 1800. The van der Waals surface area contributed by atoms with Gasteiger partial charge in [-0.25, -0.2) is 4.79 Å². The number of nitrogens with zero attached hydrogens (tertiary/aromatic N) is 1. The normalized spacial score (nSPS) is 19.6. The van der Waals surface area contributed by atoms with E-state index in [1.54, 1.807) is 24.3 Å². The van der Waals surface area contributed by atoms with E-state index < -0.39 is 11.5 Å². The van der Waals surface area contributed by atoms with E-state index in [0.717, 1.165) is 68.8 Å². The Kier molecular flexibility index (Phi) is 9.24. The lowest BCUT2D eigenvalue weighted by Crippen LogP contribution is -2.55. The Morgan fingerprint density at radius 1 is 0.896 bits per heavy atom. The number of aromatic nitrogens is 1. The summed E-state index contributed by atoms with van der Waals surface area (Å²) in [6, 6.07) is 13.2. The average Bonchev–Trinajstić information content (AvgIpc) is 3.73. The second kappa shape index (κ2) is 13.9. The predicted octanol–water partition coefficient (Wildman–Crippen LogP) is 7.91. The molecule has 0 radical (unpaired) electrons. The van der Waals surface area contributed by atoms with Crippen LogP contribution in [-0.2, 0) is 16.1 Å². The summed E-state index contributed by atoms with van der Waals surface area (Å²) < 4.78 is 2.50. The summed E-state index contributed by atoms with van der Waals surface area (Å²) in [5, 5.41) is 20.1. The van der Waals surface area contributed by atoms with Crippen molar-refractivity contribution in [3.63, 3.8) is 0 Å². The number of amides is 2. The maximum absolute atomic E-state index is 14.1. The van der Waals surface area contributed by atoms with E-state index in [0.29, 0.717) is 30.0 Å². The van der Waals surface area contributed by atoms with Gasteiger partial charge in [0.05, 0.1) is 5.69 Å². The molecule has 8 heteroatoms. The number of aliphatic carboxylic acids is 1. The highest BCUT2D eigenvalue weighted by Gasteiger charge is 2.43. The molecule has 0 spiro atoms. The summed E-state index contributed by atoms with van der Waals surface area (Å²) in [6.45, 7) is 1.88. The SMILES string of the molecule is O=C(O)/C=C/c1ccc(NC(=O)C2(NC(=O)c3ccc4c(C5CCCCC5)c5n(c4c3)CCCCNC3=CCCC=C35)CCCC2)cc1. The van der Waals surface area contributed by atoms with Crippen LogP contribution in [0.3, 0.4) is 0 Å². The summed E-state index contributed by atoms with van der Waals surface area (Å²) >= 11 is 0. The first kappa shape index (κ1) is 32.0. The van der Waals surface area contributed by atoms with Crippen molar-refractivity contribution in [2.45, 2.75) is 101 Å². The lowest BCUT2D eigenvalue weighted by molar-refractivity contribution is -0.131. The fourth-order valence-electron chi connectivity index (χ4n) is 8.30. The van der Waals surface area contributed by atoms with Crippen LogP contribution in [0.15, 0.2) is 66.4 Å². The van der Waals surface area contributed by atoms with E-state index in [-0.39, 0.29) is 11.8 Å². The van der Waals surface area contributed by atoms with Crippen LogP contribution in [0, 0.1) is 0 Å². The third-order valence-electron chi connectivity index (χ3n) is 10.7. The molecule has 0 unspecified atom stereocenters. The molecule has 0 atom stereocenters. The number of allylic oxidation sites excluding steroid dienone is 3. The van der Waals surface area contributed by atoms with Crippen molar-refractivity contribution >= 4 is 46.0 Å². The molecule has 4 N–H and O–H groups in total. The number of carbonyl (C=O) groups is 3. The Morgan fingerprint density at radius 3 is 2.44 bits per heavy atom. The van der Waals surface area contributed by atoms with Crippen LogP contribution in [0.2, 0.25) is 0 Å². The molecule has 0 saturated heterocycles. The number of nitrogens with one attached hydrogen (secondary N) is 3. The lowest BCUT2D eigenvalue weighted by atomic mass is 9.81. The molecule has 3 aromatic rings. The number of anilines is 1. The first-order chi connectivity index (χ1) is 23.4. The van der Waals surface area contributed by atoms with Crippen molar-refractivity contribution in [2.24, 2.45) is 0 Å². The minimum atomic E-state index is -1.02. The highest BCUT2D eigenvalue weighted by molar-refractivity contribution is 6.06. The monoisotopic (exact) mass is 646 g/mol. The van der Waals surface area contributed by atoms with E-state index >= 15 is 0 Å². The highest BCUT2D eigenvalue weighted by Crippen LogP contribution is 2.45. The second-order valence-electron chi connectivity index (χ2n) is 13.9. The van der Waals surface area contributed by atoms with Crippen molar-refractivity contribution < 1.29 is 19.5 Å². The van der Waals surface area contributed by atoms with Gasteiger partial charge in [-0.05, 0) is 98.8 Å². The van der Waals surface area contributed by atoms with Gasteiger partial charge in [-0.2, -0.15) is 0 Å². The van der Waals surface area contributed by atoms with Crippen LogP contribution in [0.25, 0.3) is 22.6 Å². The molecule has 7 rings (SSSR count). The fourth-order valence-corrected chi connectivity index (χ4v) is 8.30. The van der Waals surface area contributed by atoms with Crippen molar-refractivity contribution in [1.29, 1.82) is 0 Å². The summed E-state index contributed by atoms with van der Waals surface area (Å²) in [6.07, 6.45) is 20.7. The van der Waals surface area contributed by atoms with Gasteiger partial charge in [0.25, 0.3) is 5.91 Å². The van der Waals surface area contributed by atoms with E-state index in [4.69, 9.17) is 5.11 Å². The predicted molar refractivity (Wildman–Crippen MR) is 191 cm³/mol.